The molecule has 7 nitrogen and oxygen atoms in total. The van der Waals surface area contributed by atoms with Gasteiger partial charge in [-0.15, -0.1) is 0 Å². The quantitative estimate of drug-likeness (QED) is 0.197. The zero-order valence-corrected chi connectivity index (χ0v) is 21.0. The minimum Gasteiger partial charge on any atom is -0.513 e. The highest BCUT2D eigenvalue weighted by atomic mass is 16.3. The fraction of sp³-hybridized carbons (Fsp3) is 0.692. The molecule has 7 heteroatoms. The molecule has 2 rings (SSSR count). The Morgan fingerprint density at radius 1 is 0.818 bits per heavy atom. The van der Waals surface area contributed by atoms with Crippen molar-refractivity contribution in [2.24, 2.45) is 0 Å². The van der Waals surface area contributed by atoms with E-state index in [0.29, 0.717) is 12.5 Å². The van der Waals surface area contributed by atoms with Crippen LogP contribution in [0.1, 0.15) is 38.5 Å². The number of aliphatic hydroxyl groups excluding tert-OH is 1. The topological polar surface area (TPSA) is 66.0 Å². The molecule has 188 valence electrons. The normalized spacial score (nSPS) is 19.8. The lowest BCUT2D eigenvalue weighted by atomic mass is 10.1. The van der Waals surface area contributed by atoms with E-state index in [1.54, 1.807) is 0 Å². The molecule has 0 amide bonds. The summed E-state index contributed by atoms with van der Waals surface area (Å²) in [6.07, 6.45) is 5.68. The summed E-state index contributed by atoms with van der Waals surface area (Å²) < 4.78 is 0. The number of likely N-dealkylation sites (N-methyl/N-ethyl adjacent to an activating group) is 1. The van der Waals surface area contributed by atoms with Crippen LogP contribution in [-0.4, -0.2) is 98.3 Å². The first-order chi connectivity index (χ1) is 15.8. The average Bonchev–Trinajstić information content (AvgIpc) is 3.25. The molecule has 1 unspecified atom stereocenters. The van der Waals surface area contributed by atoms with E-state index in [9.17, 15) is 0 Å². The number of rotatable bonds is 17. The number of hydrogen-bond donors (Lipinski definition) is 4. The SMILES string of the molecule is C=C(O)CCCNC(=C)CCNC(=C)CCNC(=C)C1CCCN1CCN1CCN(C)CC1. The molecule has 0 aromatic carbocycles. The molecule has 0 aliphatic carbocycles. The van der Waals surface area contributed by atoms with Gasteiger partial charge < -0.3 is 26.0 Å². The van der Waals surface area contributed by atoms with Crippen molar-refractivity contribution in [2.45, 2.75) is 44.6 Å². The van der Waals surface area contributed by atoms with Crippen LogP contribution in [0.2, 0.25) is 0 Å². The summed E-state index contributed by atoms with van der Waals surface area (Å²) in [5.41, 5.74) is 3.20. The molecule has 0 bridgehead atoms. The van der Waals surface area contributed by atoms with E-state index in [4.69, 9.17) is 5.11 Å². The molecular formula is C26H48N6O. The van der Waals surface area contributed by atoms with Crippen LogP contribution < -0.4 is 16.0 Å². The maximum atomic E-state index is 9.10. The third-order valence-electron chi connectivity index (χ3n) is 6.66. The van der Waals surface area contributed by atoms with Crippen molar-refractivity contribution in [3.63, 3.8) is 0 Å². The number of likely N-dealkylation sites (tertiary alicyclic amines) is 1. The number of allylic oxidation sites excluding steroid dienone is 1. The first-order valence-corrected chi connectivity index (χ1v) is 12.6. The zero-order chi connectivity index (χ0) is 24.1. The Balaban J connectivity index is 1.53. The molecule has 2 heterocycles. The summed E-state index contributed by atoms with van der Waals surface area (Å²) in [4.78, 5) is 7.61. The minimum absolute atomic E-state index is 0.239. The Labute approximate surface area is 202 Å². The smallest absolute Gasteiger partial charge is 0.0851 e. The molecule has 2 aliphatic heterocycles. The second-order valence-electron chi connectivity index (χ2n) is 9.52. The molecule has 2 saturated heterocycles. The molecule has 1 atom stereocenters. The lowest BCUT2D eigenvalue weighted by Crippen LogP contribution is -2.48. The lowest BCUT2D eigenvalue weighted by molar-refractivity contribution is 0.134. The molecule has 33 heavy (non-hydrogen) atoms. The maximum absolute atomic E-state index is 9.10. The number of piperazine rings is 1. The van der Waals surface area contributed by atoms with Gasteiger partial charge in [0.15, 0.2) is 0 Å². The second kappa shape index (κ2) is 15.0. The number of aliphatic hydroxyl groups is 1. The van der Waals surface area contributed by atoms with Crippen molar-refractivity contribution < 1.29 is 5.11 Å². The summed E-state index contributed by atoms with van der Waals surface area (Å²) in [6, 6.07) is 0.455. The van der Waals surface area contributed by atoms with E-state index in [2.05, 4.69) is 64.0 Å². The fourth-order valence-electron chi connectivity index (χ4n) is 4.45. The number of nitrogens with one attached hydrogen (secondary N) is 3. The van der Waals surface area contributed by atoms with Crippen LogP contribution in [0, 0.1) is 0 Å². The lowest BCUT2D eigenvalue weighted by Gasteiger charge is -2.34. The zero-order valence-electron chi connectivity index (χ0n) is 21.0. The summed E-state index contributed by atoms with van der Waals surface area (Å²) in [6.45, 7) is 26.8. The third-order valence-corrected chi connectivity index (χ3v) is 6.66. The maximum Gasteiger partial charge on any atom is 0.0851 e. The van der Waals surface area contributed by atoms with Gasteiger partial charge in [0.2, 0.25) is 0 Å². The van der Waals surface area contributed by atoms with E-state index in [0.717, 1.165) is 69.1 Å². The van der Waals surface area contributed by atoms with E-state index < -0.39 is 0 Å². The molecule has 0 radical (unpaired) electrons. The highest BCUT2D eigenvalue weighted by Crippen LogP contribution is 2.21. The number of hydrogen-bond acceptors (Lipinski definition) is 7. The standard InChI is InChI=1S/C26H48N6O/c1-22(27-12-6-8-24(3)33)10-13-28-23(2)11-14-29-25(4)26-9-7-15-32(26)21-20-31-18-16-30(5)17-19-31/h26-29,33H,1-4,6-21H2,5H3. The van der Waals surface area contributed by atoms with Crippen molar-refractivity contribution >= 4 is 0 Å². The van der Waals surface area contributed by atoms with Crippen LogP contribution in [0.3, 0.4) is 0 Å². The van der Waals surface area contributed by atoms with Crippen molar-refractivity contribution in [3.05, 3.63) is 49.2 Å². The monoisotopic (exact) mass is 460 g/mol. The van der Waals surface area contributed by atoms with Gasteiger partial charge in [0.05, 0.1) is 5.76 Å². The Morgan fingerprint density at radius 3 is 2.12 bits per heavy atom. The predicted molar refractivity (Wildman–Crippen MR) is 140 cm³/mol. The van der Waals surface area contributed by atoms with Crippen molar-refractivity contribution in [1.29, 1.82) is 0 Å². The first-order valence-electron chi connectivity index (χ1n) is 12.6. The molecule has 0 aromatic heterocycles. The average molecular weight is 461 g/mol. The molecular weight excluding hydrogens is 412 g/mol. The molecule has 2 fully saturated rings. The van der Waals surface area contributed by atoms with E-state index in [1.165, 1.54) is 45.6 Å². The Hall–Kier alpha value is -1.96. The molecule has 2 aliphatic rings. The summed E-state index contributed by atoms with van der Waals surface area (Å²) in [5, 5.41) is 19.3. The Kier molecular flexibility index (Phi) is 12.4. The van der Waals surface area contributed by atoms with Crippen LogP contribution in [-0.2, 0) is 0 Å². The Morgan fingerprint density at radius 2 is 1.45 bits per heavy atom. The van der Waals surface area contributed by atoms with E-state index in [-0.39, 0.29) is 5.76 Å². The van der Waals surface area contributed by atoms with E-state index in [1.807, 2.05) is 0 Å². The minimum atomic E-state index is 0.239. The summed E-state index contributed by atoms with van der Waals surface area (Å²) >= 11 is 0. The van der Waals surface area contributed by atoms with Crippen LogP contribution in [0.25, 0.3) is 0 Å². The van der Waals surface area contributed by atoms with Crippen LogP contribution in [0.5, 0.6) is 0 Å². The molecule has 4 N–H and O–H groups in total. The predicted octanol–water partition coefficient (Wildman–Crippen LogP) is 2.64. The second-order valence-corrected chi connectivity index (χ2v) is 9.52. The van der Waals surface area contributed by atoms with Gasteiger partial charge in [0.1, 0.15) is 0 Å². The van der Waals surface area contributed by atoms with Crippen molar-refractivity contribution in [3.8, 4) is 0 Å². The third kappa shape index (κ3) is 11.1. The largest absolute Gasteiger partial charge is 0.513 e. The van der Waals surface area contributed by atoms with Crippen LogP contribution in [0.15, 0.2) is 49.2 Å². The van der Waals surface area contributed by atoms with Gasteiger partial charge in [-0.05, 0) is 32.9 Å². The van der Waals surface area contributed by atoms with Gasteiger partial charge in [-0.1, -0.05) is 26.3 Å². The van der Waals surface area contributed by atoms with Crippen molar-refractivity contribution in [1.82, 2.24) is 30.7 Å². The number of nitrogens with zero attached hydrogens (tertiary/aromatic N) is 3. The van der Waals surface area contributed by atoms with Gasteiger partial charge >= 0.3 is 0 Å². The van der Waals surface area contributed by atoms with Gasteiger partial charge in [0.25, 0.3) is 0 Å². The van der Waals surface area contributed by atoms with Crippen LogP contribution in [0.4, 0.5) is 0 Å². The highest BCUT2D eigenvalue weighted by molar-refractivity contribution is 5.07. The summed E-state index contributed by atoms with van der Waals surface area (Å²) in [7, 11) is 2.21. The molecule has 0 aromatic rings. The van der Waals surface area contributed by atoms with Gasteiger partial charge in [-0.3, -0.25) is 9.80 Å². The molecule has 0 spiro atoms. The van der Waals surface area contributed by atoms with Gasteiger partial charge in [-0.2, -0.15) is 0 Å². The Bertz CT molecular complexity index is 641. The first kappa shape index (κ1) is 27.3. The molecule has 0 saturated carbocycles. The van der Waals surface area contributed by atoms with Crippen LogP contribution >= 0.6 is 0 Å². The van der Waals surface area contributed by atoms with Crippen molar-refractivity contribution in [2.75, 3.05) is 72.5 Å². The van der Waals surface area contributed by atoms with E-state index >= 15 is 0 Å². The summed E-state index contributed by atoms with van der Waals surface area (Å²) in [5.74, 6) is 0.239. The van der Waals surface area contributed by atoms with Gasteiger partial charge in [-0.25, -0.2) is 0 Å². The fourth-order valence-corrected chi connectivity index (χ4v) is 4.45. The highest BCUT2D eigenvalue weighted by Gasteiger charge is 2.27. The van der Waals surface area contributed by atoms with Gasteiger partial charge in [0, 0.05) is 101 Å².